The van der Waals surface area contributed by atoms with Gasteiger partial charge in [-0.2, -0.15) is 0 Å². The number of ether oxygens (including phenoxy) is 1. The SMILES string of the molecule is CNC.COC(=O)c1cccc(CNC(=O)c2cn(CC(F)CCN(N)/C=C(\N)C=O)[nH]2)c1. The van der Waals surface area contributed by atoms with Gasteiger partial charge in [-0.1, -0.05) is 12.1 Å². The fraction of sp³-hybridized carbons (Fsp3) is 0.381. The smallest absolute Gasteiger partial charge is 0.337 e. The van der Waals surface area contributed by atoms with Crippen LogP contribution in [-0.2, 0) is 22.6 Å². The number of carbonyl (C=O) groups is 3. The number of hydrazine groups is 1. The minimum Gasteiger partial charge on any atom is -0.465 e. The molecule has 0 saturated carbocycles. The fourth-order valence-electron chi connectivity index (χ4n) is 2.60. The summed E-state index contributed by atoms with van der Waals surface area (Å²) in [6, 6.07) is 6.72. The number of benzene rings is 1. The van der Waals surface area contributed by atoms with Crippen LogP contribution in [0.5, 0.6) is 0 Å². The number of aldehydes is 1. The molecule has 0 saturated heterocycles. The molecule has 0 spiro atoms. The van der Waals surface area contributed by atoms with Gasteiger partial charge < -0.3 is 26.1 Å². The van der Waals surface area contributed by atoms with Crippen LogP contribution < -0.4 is 22.2 Å². The largest absolute Gasteiger partial charge is 0.465 e. The Labute approximate surface area is 191 Å². The molecule has 12 heteroatoms. The van der Waals surface area contributed by atoms with Crippen molar-refractivity contribution in [2.75, 3.05) is 27.7 Å². The van der Waals surface area contributed by atoms with Gasteiger partial charge in [0.1, 0.15) is 11.9 Å². The molecule has 0 aliphatic rings. The first-order valence-electron chi connectivity index (χ1n) is 10.1. The summed E-state index contributed by atoms with van der Waals surface area (Å²) in [5.74, 6) is 4.78. The van der Waals surface area contributed by atoms with E-state index in [-0.39, 0.29) is 37.7 Å². The molecule has 0 radical (unpaired) electrons. The Kier molecular flexibility index (Phi) is 12.0. The van der Waals surface area contributed by atoms with Gasteiger partial charge in [-0.25, -0.2) is 15.0 Å². The second kappa shape index (κ2) is 14.4. The molecule has 2 aromatic rings. The molecule has 33 heavy (non-hydrogen) atoms. The lowest BCUT2D eigenvalue weighted by molar-refractivity contribution is -0.105. The molecule has 0 aliphatic carbocycles. The van der Waals surface area contributed by atoms with Crippen LogP contribution in [-0.4, -0.2) is 66.9 Å². The van der Waals surface area contributed by atoms with E-state index in [0.29, 0.717) is 17.5 Å². The van der Waals surface area contributed by atoms with Crippen molar-refractivity contribution in [3.05, 3.63) is 59.2 Å². The van der Waals surface area contributed by atoms with Gasteiger partial charge in [-0.15, -0.1) is 0 Å². The molecular weight excluding hydrogens is 433 g/mol. The first-order chi connectivity index (χ1) is 15.7. The number of nitrogens with zero attached hydrogens (tertiary/aromatic N) is 2. The third kappa shape index (κ3) is 10.0. The first-order valence-corrected chi connectivity index (χ1v) is 10.1. The maximum Gasteiger partial charge on any atom is 0.337 e. The molecule has 1 amide bonds. The van der Waals surface area contributed by atoms with E-state index in [1.807, 2.05) is 14.1 Å². The average Bonchev–Trinajstić information content (AvgIpc) is 2.78. The van der Waals surface area contributed by atoms with Crippen LogP contribution in [0.3, 0.4) is 0 Å². The van der Waals surface area contributed by atoms with Gasteiger partial charge in [0.2, 0.25) is 0 Å². The van der Waals surface area contributed by atoms with Crippen LogP contribution in [0, 0.1) is 0 Å². The van der Waals surface area contributed by atoms with Crippen LogP contribution in [0.15, 0.2) is 42.4 Å². The van der Waals surface area contributed by atoms with Gasteiger partial charge in [0.15, 0.2) is 6.29 Å². The molecule has 1 aromatic carbocycles. The first kappa shape index (κ1) is 27.4. The molecule has 0 bridgehead atoms. The lowest BCUT2D eigenvalue weighted by Crippen LogP contribution is -2.32. The van der Waals surface area contributed by atoms with Crippen molar-refractivity contribution in [3.8, 4) is 0 Å². The van der Waals surface area contributed by atoms with Crippen molar-refractivity contribution >= 4 is 18.2 Å². The summed E-state index contributed by atoms with van der Waals surface area (Å²) in [6.45, 7) is 0.419. The highest BCUT2D eigenvalue weighted by Gasteiger charge is 2.15. The Bertz CT molecular complexity index is 913. The van der Waals surface area contributed by atoms with E-state index in [0.717, 1.165) is 10.6 Å². The summed E-state index contributed by atoms with van der Waals surface area (Å²) in [4.78, 5) is 34.1. The topological polar surface area (TPSA) is 160 Å². The molecule has 2 rings (SSSR count). The number of carbonyl (C=O) groups excluding carboxylic acids is 3. The molecule has 1 heterocycles. The standard InChI is InChI=1S/C19H25FN6O4.C2H7N/c1-30-19(29)14-4-2-3-13(7-14)8-23-18(28)17-11-26(24-17)9-15(20)5-6-25(22)10-16(21)12-27;1-3-2/h2-4,7,10-12,15,24H,5-6,8-9,21-22H2,1H3,(H,23,28);3H,1-2H3/b16-10-;. The number of rotatable bonds is 11. The number of H-pyrrole nitrogens is 1. The van der Waals surface area contributed by atoms with E-state index in [1.165, 1.54) is 24.2 Å². The molecule has 1 unspecified atom stereocenters. The van der Waals surface area contributed by atoms with E-state index in [1.54, 1.807) is 24.3 Å². The number of methoxy groups -OCH3 is 1. The monoisotopic (exact) mass is 465 g/mol. The normalized spacial score (nSPS) is 11.7. The fourth-order valence-corrected chi connectivity index (χ4v) is 2.60. The number of hydrogen-bond donors (Lipinski definition) is 5. The molecular formula is C21H32FN7O4. The second-order valence-electron chi connectivity index (χ2n) is 7.05. The van der Waals surface area contributed by atoms with Crippen LogP contribution in [0.25, 0.3) is 0 Å². The quantitative estimate of drug-likeness (QED) is 0.104. The van der Waals surface area contributed by atoms with Crippen LogP contribution in [0.1, 0.15) is 32.8 Å². The number of nitrogens with one attached hydrogen (secondary N) is 3. The number of amides is 1. The summed E-state index contributed by atoms with van der Waals surface area (Å²) in [7, 11) is 5.05. The van der Waals surface area contributed by atoms with Crippen LogP contribution in [0.2, 0.25) is 0 Å². The maximum atomic E-state index is 14.0. The van der Waals surface area contributed by atoms with E-state index in [2.05, 4.69) is 20.5 Å². The van der Waals surface area contributed by atoms with E-state index in [9.17, 15) is 18.8 Å². The molecule has 11 nitrogen and oxygen atoms in total. The van der Waals surface area contributed by atoms with E-state index < -0.39 is 12.1 Å². The van der Waals surface area contributed by atoms with Gasteiger partial charge in [-0.3, -0.25) is 19.4 Å². The highest BCUT2D eigenvalue weighted by Crippen LogP contribution is 2.09. The van der Waals surface area contributed by atoms with Crippen molar-refractivity contribution in [3.63, 3.8) is 0 Å². The number of esters is 1. The third-order valence-electron chi connectivity index (χ3n) is 4.14. The van der Waals surface area contributed by atoms with Gasteiger partial charge in [-0.05, 0) is 38.2 Å². The summed E-state index contributed by atoms with van der Waals surface area (Å²) < 4.78 is 20.1. The highest BCUT2D eigenvalue weighted by atomic mass is 19.1. The summed E-state index contributed by atoms with van der Waals surface area (Å²) in [6.07, 6.45) is 2.08. The van der Waals surface area contributed by atoms with Crippen molar-refractivity contribution in [2.45, 2.75) is 25.7 Å². The Hall–Kier alpha value is -3.64. The van der Waals surface area contributed by atoms with Crippen LogP contribution >= 0.6 is 0 Å². The zero-order chi connectivity index (χ0) is 24.8. The summed E-state index contributed by atoms with van der Waals surface area (Å²) >= 11 is 0. The number of aromatic nitrogens is 2. The Morgan fingerprint density at radius 3 is 2.64 bits per heavy atom. The number of hydrogen-bond acceptors (Lipinski definition) is 8. The summed E-state index contributed by atoms with van der Waals surface area (Å²) in [5.41, 5.74) is 6.70. The van der Waals surface area contributed by atoms with Crippen molar-refractivity contribution in [1.29, 1.82) is 0 Å². The Morgan fingerprint density at radius 1 is 1.36 bits per heavy atom. The minimum absolute atomic E-state index is 0.0265. The lowest BCUT2D eigenvalue weighted by Gasteiger charge is -2.19. The number of alkyl halides is 1. The number of aromatic amines is 1. The van der Waals surface area contributed by atoms with E-state index >= 15 is 0 Å². The lowest BCUT2D eigenvalue weighted by atomic mass is 10.1. The van der Waals surface area contributed by atoms with Gasteiger partial charge in [0, 0.05) is 19.3 Å². The molecule has 0 aliphatic heterocycles. The third-order valence-corrected chi connectivity index (χ3v) is 4.14. The van der Waals surface area contributed by atoms with Gasteiger partial charge in [0.05, 0.1) is 31.1 Å². The predicted octanol–water partition coefficient (Wildman–Crippen LogP) is 0.271. The summed E-state index contributed by atoms with van der Waals surface area (Å²) in [5, 5.41) is 9.36. The maximum absolute atomic E-state index is 14.0. The van der Waals surface area contributed by atoms with Gasteiger partial charge >= 0.3 is 5.97 Å². The molecule has 182 valence electrons. The van der Waals surface area contributed by atoms with E-state index in [4.69, 9.17) is 11.6 Å². The second-order valence-corrected chi connectivity index (χ2v) is 7.05. The van der Waals surface area contributed by atoms with Crippen molar-refractivity contribution < 1.29 is 23.5 Å². The zero-order valence-electron chi connectivity index (χ0n) is 19.0. The van der Waals surface area contributed by atoms with Crippen molar-refractivity contribution in [2.24, 2.45) is 11.6 Å². The van der Waals surface area contributed by atoms with Gasteiger partial charge in [0.25, 0.3) is 5.91 Å². The molecule has 1 atom stereocenters. The zero-order valence-corrected chi connectivity index (χ0v) is 19.0. The average molecular weight is 466 g/mol. The Morgan fingerprint density at radius 2 is 2.03 bits per heavy atom. The number of halogens is 1. The molecule has 7 N–H and O–H groups in total. The highest BCUT2D eigenvalue weighted by molar-refractivity contribution is 5.92. The number of nitrogens with two attached hydrogens (primary N) is 2. The van der Waals surface area contributed by atoms with Crippen LogP contribution in [0.4, 0.5) is 4.39 Å². The number of allylic oxidation sites excluding steroid dienone is 1. The molecule has 0 fully saturated rings. The minimum atomic E-state index is -1.21. The molecule has 1 aromatic heterocycles. The predicted molar refractivity (Wildman–Crippen MR) is 121 cm³/mol. The Balaban J connectivity index is 0.00000172. The van der Waals surface area contributed by atoms with Crippen molar-refractivity contribution in [1.82, 2.24) is 25.4 Å².